The van der Waals surface area contributed by atoms with Crippen molar-refractivity contribution < 1.29 is 9.84 Å². The van der Waals surface area contributed by atoms with Crippen LogP contribution in [0.2, 0.25) is 0 Å². The number of aromatic nitrogens is 2. The molecule has 0 aliphatic carbocycles. The van der Waals surface area contributed by atoms with Crippen LogP contribution in [0.4, 0.5) is 0 Å². The lowest BCUT2D eigenvalue weighted by atomic mass is 10.0. The molecule has 0 saturated carbocycles. The highest BCUT2D eigenvalue weighted by atomic mass is 16.5. The SMILES string of the molecule is COc1ccccc1CN1Cc2ncn(C)c2CC1CO. The monoisotopic (exact) mass is 287 g/mol. The van der Waals surface area contributed by atoms with Crippen LogP contribution >= 0.6 is 0 Å². The highest BCUT2D eigenvalue weighted by Crippen LogP contribution is 2.26. The van der Waals surface area contributed by atoms with Crippen LogP contribution in [-0.2, 0) is 26.6 Å². The van der Waals surface area contributed by atoms with Gasteiger partial charge in [-0.1, -0.05) is 18.2 Å². The van der Waals surface area contributed by atoms with Gasteiger partial charge in [0, 0.05) is 43.9 Å². The number of aliphatic hydroxyl groups is 1. The minimum absolute atomic E-state index is 0.123. The lowest BCUT2D eigenvalue weighted by Gasteiger charge is -2.34. The first-order valence-corrected chi connectivity index (χ1v) is 7.18. The van der Waals surface area contributed by atoms with E-state index in [9.17, 15) is 5.11 Å². The van der Waals surface area contributed by atoms with Gasteiger partial charge in [-0.05, 0) is 6.07 Å². The molecule has 0 radical (unpaired) electrons. The number of hydrogen-bond acceptors (Lipinski definition) is 4. The second kappa shape index (κ2) is 5.87. The number of rotatable bonds is 4. The largest absolute Gasteiger partial charge is 0.496 e. The van der Waals surface area contributed by atoms with Crippen LogP contribution in [0.1, 0.15) is 17.0 Å². The fourth-order valence-corrected chi connectivity index (χ4v) is 2.99. The van der Waals surface area contributed by atoms with Gasteiger partial charge in [-0.15, -0.1) is 0 Å². The summed E-state index contributed by atoms with van der Waals surface area (Å²) in [7, 11) is 3.70. The Labute approximate surface area is 124 Å². The first-order chi connectivity index (χ1) is 10.2. The molecule has 1 N–H and O–H groups in total. The predicted molar refractivity (Wildman–Crippen MR) is 80.0 cm³/mol. The topological polar surface area (TPSA) is 50.5 Å². The molecule has 1 aromatic heterocycles. The van der Waals surface area contributed by atoms with Gasteiger partial charge >= 0.3 is 0 Å². The standard InChI is InChI=1S/C16H21N3O2/c1-18-11-17-14-9-19(13(10-20)7-15(14)18)8-12-5-3-4-6-16(12)21-2/h3-6,11,13,20H,7-10H2,1-2H3. The Morgan fingerprint density at radius 3 is 2.95 bits per heavy atom. The summed E-state index contributed by atoms with van der Waals surface area (Å²) in [4.78, 5) is 6.74. The third-order valence-corrected chi connectivity index (χ3v) is 4.22. The molecule has 0 saturated heterocycles. The second-order valence-electron chi connectivity index (χ2n) is 5.51. The van der Waals surface area contributed by atoms with Crippen molar-refractivity contribution in [3.05, 3.63) is 47.5 Å². The molecule has 1 atom stereocenters. The molecular formula is C16H21N3O2. The summed E-state index contributed by atoms with van der Waals surface area (Å²) in [5.74, 6) is 0.890. The summed E-state index contributed by atoms with van der Waals surface area (Å²) in [5, 5.41) is 9.72. The first kappa shape index (κ1) is 14.1. The Bertz CT molecular complexity index is 624. The lowest BCUT2D eigenvalue weighted by Crippen LogP contribution is -2.42. The molecule has 1 aliphatic rings. The summed E-state index contributed by atoms with van der Waals surface area (Å²) in [5.41, 5.74) is 3.47. The molecule has 0 bridgehead atoms. The molecular weight excluding hydrogens is 266 g/mol. The van der Waals surface area contributed by atoms with Gasteiger partial charge < -0.3 is 14.4 Å². The molecule has 2 aromatic rings. The molecule has 5 heteroatoms. The lowest BCUT2D eigenvalue weighted by molar-refractivity contribution is 0.0959. The van der Waals surface area contributed by atoms with Gasteiger partial charge in [0.25, 0.3) is 0 Å². The Kier molecular flexibility index (Phi) is 3.94. The average molecular weight is 287 g/mol. The van der Waals surface area contributed by atoms with E-state index >= 15 is 0 Å². The van der Waals surface area contributed by atoms with E-state index < -0.39 is 0 Å². The molecule has 0 amide bonds. The molecule has 1 unspecified atom stereocenters. The number of benzene rings is 1. The number of ether oxygens (including phenoxy) is 1. The van der Waals surface area contributed by atoms with Gasteiger partial charge in [-0.3, -0.25) is 4.90 Å². The average Bonchev–Trinajstić information content (AvgIpc) is 2.87. The van der Waals surface area contributed by atoms with Crippen molar-refractivity contribution in [3.8, 4) is 5.75 Å². The van der Waals surface area contributed by atoms with Crippen molar-refractivity contribution in [2.24, 2.45) is 7.05 Å². The maximum atomic E-state index is 9.72. The number of methoxy groups -OCH3 is 1. The van der Waals surface area contributed by atoms with E-state index in [1.54, 1.807) is 7.11 Å². The molecule has 1 aliphatic heterocycles. The molecule has 0 spiro atoms. The van der Waals surface area contributed by atoms with Crippen LogP contribution in [-0.4, -0.2) is 39.3 Å². The number of nitrogens with zero attached hydrogens (tertiary/aromatic N) is 3. The van der Waals surface area contributed by atoms with Crippen LogP contribution < -0.4 is 4.74 Å². The molecule has 3 rings (SSSR count). The van der Waals surface area contributed by atoms with E-state index in [0.717, 1.165) is 36.5 Å². The van der Waals surface area contributed by atoms with E-state index in [2.05, 4.69) is 20.5 Å². The summed E-state index contributed by atoms with van der Waals surface area (Å²) >= 11 is 0. The van der Waals surface area contributed by atoms with Crippen molar-refractivity contribution in [2.45, 2.75) is 25.6 Å². The third kappa shape index (κ3) is 2.66. The van der Waals surface area contributed by atoms with E-state index in [0.29, 0.717) is 0 Å². The Morgan fingerprint density at radius 1 is 1.38 bits per heavy atom. The van der Waals surface area contributed by atoms with Gasteiger partial charge in [-0.2, -0.15) is 0 Å². The van der Waals surface area contributed by atoms with Gasteiger partial charge in [0.2, 0.25) is 0 Å². The summed E-state index contributed by atoms with van der Waals surface area (Å²) in [6.45, 7) is 1.67. The van der Waals surface area contributed by atoms with E-state index in [1.807, 2.05) is 31.6 Å². The van der Waals surface area contributed by atoms with Crippen molar-refractivity contribution in [2.75, 3.05) is 13.7 Å². The maximum Gasteiger partial charge on any atom is 0.123 e. The van der Waals surface area contributed by atoms with E-state index in [-0.39, 0.29) is 12.6 Å². The molecule has 0 fully saturated rings. The number of para-hydroxylation sites is 1. The summed E-state index contributed by atoms with van der Waals surface area (Å²) in [6.07, 6.45) is 2.68. The van der Waals surface area contributed by atoms with Gasteiger partial charge in [0.1, 0.15) is 5.75 Å². The van der Waals surface area contributed by atoms with Crippen LogP contribution in [0.3, 0.4) is 0 Å². The number of imidazole rings is 1. The van der Waals surface area contributed by atoms with E-state index in [1.165, 1.54) is 5.69 Å². The third-order valence-electron chi connectivity index (χ3n) is 4.22. The number of fused-ring (bicyclic) bond motifs is 1. The number of aliphatic hydroxyl groups excluding tert-OH is 1. The highest BCUT2D eigenvalue weighted by Gasteiger charge is 2.28. The maximum absolute atomic E-state index is 9.72. The van der Waals surface area contributed by atoms with Crippen molar-refractivity contribution >= 4 is 0 Å². The Hall–Kier alpha value is -1.85. The first-order valence-electron chi connectivity index (χ1n) is 7.18. The number of aryl methyl sites for hydroxylation is 1. The van der Waals surface area contributed by atoms with Crippen LogP contribution in [0.25, 0.3) is 0 Å². The summed E-state index contributed by atoms with van der Waals surface area (Å²) in [6, 6.07) is 8.15. The summed E-state index contributed by atoms with van der Waals surface area (Å²) < 4.78 is 7.47. The highest BCUT2D eigenvalue weighted by molar-refractivity contribution is 5.33. The minimum Gasteiger partial charge on any atom is -0.496 e. The zero-order chi connectivity index (χ0) is 14.8. The fraction of sp³-hybridized carbons (Fsp3) is 0.438. The zero-order valence-corrected chi connectivity index (χ0v) is 12.5. The molecule has 112 valence electrons. The fourth-order valence-electron chi connectivity index (χ4n) is 2.99. The van der Waals surface area contributed by atoms with Crippen LogP contribution in [0.5, 0.6) is 5.75 Å². The van der Waals surface area contributed by atoms with Gasteiger partial charge in [-0.25, -0.2) is 4.98 Å². The molecule has 5 nitrogen and oxygen atoms in total. The predicted octanol–water partition coefficient (Wildman–Crippen LogP) is 1.35. The zero-order valence-electron chi connectivity index (χ0n) is 12.5. The van der Waals surface area contributed by atoms with E-state index in [4.69, 9.17) is 4.74 Å². The van der Waals surface area contributed by atoms with Crippen molar-refractivity contribution in [1.29, 1.82) is 0 Å². The second-order valence-corrected chi connectivity index (χ2v) is 5.51. The van der Waals surface area contributed by atoms with Gasteiger partial charge in [0.15, 0.2) is 0 Å². The van der Waals surface area contributed by atoms with Crippen molar-refractivity contribution in [3.63, 3.8) is 0 Å². The molecule has 2 heterocycles. The van der Waals surface area contributed by atoms with Crippen molar-refractivity contribution in [1.82, 2.24) is 14.5 Å². The normalized spacial score (nSPS) is 18.5. The molecule has 21 heavy (non-hydrogen) atoms. The number of hydrogen-bond donors (Lipinski definition) is 1. The minimum atomic E-state index is 0.123. The van der Waals surface area contributed by atoms with Crippen LogP contribution in [0, 0.1) is 0 Å². The molecule has 1 aromatic carbocycles. The van der Waals surface area contributed by atoms with Gasteiger partial charge in [0.05, 0.1) is 25.7 Å². The Balaban J connectivity index is 1.84. The van der Waals surface area contributed by atoms with Crippen LogP contribution in [0.15, 0.2) is 30.6 Å². The smallest absolute Gasteiger partial charge is 0.123 e. The Morgan fingerprint density at radius 2 is 2.19 bits per heavy atom. The quantitative estimate of drug-likeness (QED) is 0.922.